The van der Waals surface area contributed by atoms with Gasteiger partial charge in [-0.15, -0.1) is 0 Å². The van der Waals surface area contributed by atoms with Gasteiger partial charge in [-0.2, -0.15) is 4.37 Å². The van der Waals surface area contributed by atoms with Crippen LogP contribution in [0, 0.1) is 5.92 Å². The Morgan fingerprint density at radius 3 is 2.73 bits per heavy atom. The molecule has 2 rings (SSSR count). The van der Waals surface area contributed by atoms with Crippen molar-refractivity contribution in [3.63, 3.8) is 0 Å². The zero-order valence-electron chi connectivity index (χ0n) is 13.6. The normalized spacial score (nSPS) is 12.1. The molecule has 4 heteroatoms. The Hall–Kier alpha value is -1.13. The zero-order valence-corrected chi connectivity index (χ0v) is 15.2. The maximum Gasteiger partial charge on any atom is 0.174 e. The first-order valence-corrected chi connectivity index (χ1v) is 9.56. The van der Waals surface area contributed by atoms with Gasteiger partial charge in [0, 0.05) is 11.3 Å². The second-order valence-corrected chi connectivity index (χ2v) is 7.94. The van der Waals surface area contributed by atoms with E-state index in [1.165, 1.54) is 36.4 Å². The molecule has 1 aromatic heterocycles. The number of hydrogen-bond donors (Lipinski definition) is 0. The highest BCUT2D eigenvalue weighted by Crippen LogP contribution is 2.26. The SMILES string of the molecule is CC(C)=CCCC(C)CCSc1nc(-c2ccccc2)ns1. The lowest BCUT2D eigenvalue weighted by molar-refractivity contribution is 0.525. The van der Waals surface area contributed by atoms with Gasteiger partial charge < -0.3 is 0 Å². The van der Waals surface area contributed by atoms with Gasteiger partial charge in [-0.1, -0.05) is 60.7 Å². The summed E-state index contributed by atoms with van der Waals surface area (Å²) < 4.78 is 5.53. The van der Waals surface area contributed by atoms with E-state index in [1.54, 1.807) is 0 Å². The number of rotatable bonds is 8. The summed E-state index contributed by atoms with van der Waals surface area (Å²) in [6.45, 7) is 6.68. The predicted molar refractivity (Wildman–Crippen MR) is 98.5 cm³/mol. The molecule has 2 nitrogen and oxygen atoms in total. The molecule has 1 heterocycles. The second kappa shape index (κ2) is 9.11. The Balaban J connectivity index is 1.74. The summed E-state index contributed by atoms with van der Waals surface area (Å²) in [6, 6.07) is 10.2. The fourth-order valence-electron chi connectivity index (χ4n) is 2.12. The fourth-order valence-corrected chi connectivity index (χ4v) is 3.98. The molecular weight excluding hydrogens is 308 g/mol. The number of benzene rings is 1. The van der Waals surface area contributed by atoms with E-state index in [9.17, 15) is 0 Å². The molecule has 1 unspecified atom stereocenters. The molecule has 0 amide bonds. The smallest absolute Gasteiger partial charge is 0.174 e. The van der Waals surface area contributed by atoms with Crippen LogP contribution in [0.25, 0.3) is 11.4 Å². The van der Waals surface area contributed by atoms with E-state index in [-0.39, 0.29) is 0 Å². The van der Waals surface area contributed by atoms with Crippen LogP contribution in [-0.2, 0) is 0 Å². The van der Waals surface area contributed by atoms with Crippen molar-refractivity contribution in [2.45, 2.75) is 44.4 Å². The maximum atomic E-state index is 4.62. The van der Waals surface area contributed by atoms with Gasteiger partial charge >= 0.3 is 0 Å². The third-order valence-corrected chi connectivity index (χ3v) is 5.35. The Labute approximate surface area is 142 Å². The third-order valence-electron chi connectivity index (χ3n) is 3.49. The van der Waals surface area contributed by atoms with E-state index < -0.39 is 0 Å². The Morgan fingerprint density at radius 2 is 2.00 bits per heavy atom. The Kier molecular flexibility index (Phi) is 7.13. The van der Waals surface area contributed by atoms with Crippen molar-refractivity contribution in [3.05, 3.63) is 42.0 Å². The summed E-state index contributed by atoms with van der Waals surface area (Å²) in [6.07, 6.45) is 6.05. The molecule has 1 atom stereocenters. The number of nitrogens with zero attached hydrogens (tertiary/aromatic N) is 2. The standard InChI is InChI=1S/C18H24N2S2/c1-14(2)8-7-9-15(3)12-13-21-18-19-17(20-22-18)16-10-5-4-6-11-16/h4-6,8,10-11,15H,7,9,12-13H2,1-3H3. The van der Waals surface area contributed by atoms with Crippen LogP contribution in [0.15, 0.2) is 46.3 Å². The van der Waals surface area contributed by atoms with Crippen LogP contribution in [0.5, 0.6) is 0 Å². The number of hydrogen-bond acceptors (Lipinski definition) is 4. The van der Waals surface area contributed by atoms with Gasteiger partial charge in [0.05, 0.1) is 0 Å². The molecule has 0 spiro atoms. The zero-order chi connectivity index (χ0) is 15.8. The monoisotopic (exact) mass is 332 g/mol. The lowest BCUT2D eigenvalue weighted by Crippen LogP contribution is -1.96. The second-order valence-electron chi connectivity index (χ2n) is 5.85. The van der Waals surface area contributed by atoms with Crippen LogP contribution in [0.1, 0.15) is 40.0 Å². The summed E-state index contributed by atoms with van der Waals surface area (Å²) in [5.41, 5.74) is 2.52. The van der Waals surface area contributed by atoms with Crippen LogP contribution in [-0.4, -0.2) is 15.1 Å². The molecule has 2 aromatic rings. The van der Waals surface area contributed by atoms with Crippen LogP contribution in [0.4, 0.5) is 0 Å². The Bertz CT molecular complexity index is 586. The average molecular weight is 333 g/mol. The first kappa shape index (κ1) is 17.2. The van der Waals surface area contributed by atoms with Crippen molar-refractivity contribution < 1.29 is 0 Å². The molecule has 0 aliphatic heterocycles. The summed E-state index contributed by atoms with van der Waals surface area (Å²) in [4.78, 5) is 4.62. The largest absolute Gasteiger partial charge is 0.208 e. The molecule has 0 aliphatic rings. The van der Waals surface area contributed by atoms with Gasteiger partial charge in [0.1, 0.15) is 0 Å². The topological polar surface area (TPSA) is 25.8 Å². The van der Waals surface area contributed by atoms with Gasteiger partial charge in [0.25, 0.3) is 0 Å². The molecule has 0 N–H and O–H groups in total. The highest BCUT2D eigenvalue weighted by Gasteiger charge is 2.08. The Morgan fingerprint density at radius 1 is 1.23 bits per heavy atom. The van der Waals surface area contributed by atoms with Crippen molar-refractivity contribution in [1.29, 1.82) is 0 Å². The summed E-state index contributed by atoms with van der Waals surface area (Å²) in [5, 5.41) is 0. The minimum atomic E-state index is 0.768. The molecule has 0 aliphatic carbocycles. The summed E-state index contributed by atoms with van der Waals surface area (Å²) >= 11 is 3.34. The van der Waals surface area contributed by atoms with Crippen LogP contribution in [0.3, 0.4) is 0 Å². The van der Waals surface area contributed by atoms with Crippen LogP contribution < -0.4 is 0 Å². The average Bonchev–Trinajstić information content (AvgIpc) is 2.97. The molecule has 0 saturated carbocycles. The maximum absolute atomic E-state index is 4.62. The van der Waals surface area contributed by atoms with Gasteiger partial charge in [-0.25, -0.2) is 4.98 Å². The van der Waals surface area contributed by atoms with Gasteiger partial charge in [-0.3, -0.25) is 0 Å². The first-order chi connectivity index (χ1) is 10.6. The van der Waals surface area contributed by atoms with Crippen LogP contribution >= 0.6 is 23.3 Å². The predicted octanol–water partition coefficient (Wildman–Crippen LogP) is 6.07. The molecular formula is C18H24N2S2. The number of allylic oxidation sites excluding steroid dienone is 2. The molecule has 1 aromatic carbocycles. The minimum Gasteiger partial charge on any atom is -0.208 e. The van der Waals surface area contributed by atoms with Crippen molar-refractivity contribution >= 4 is 23.3 Å². The van der Waals surface area contributed by atoms with Gasteiger partial charge in [0.2, 0.25) is 0 Å². The number of aromatic nitrogens is 2. The third kappa shape index (κ3) is 5.93. The molecule has 118 valence electrons. The minimum absolute atomic E-state index is 0.768. The molecule has 0 saturated heterocycles. The fraction of sp³-hybridized carbons (Fsp3) is 0.444. The quantitative estimate of drug-likeness (QED) is 0.433. The van der Waals surface area contributed by atoms with Crippen molar-refractivity contribution in [2.24, 2.45) is 5.92 Å². The number of thioether (sulfide) groups is 1. The molecule has 0 bridgehead atoms. The lowest BCUT2D eigenvalue weighted by Gasteiger charge is -2.08. The van der Waals surface area contributed by atoms with E-state index >= 15 is 0 Å². The van der Waals surface area contributed by atoms with E-state index in [0.29, 0.717) is 0 Å². The van der Waals surface area contributed by atoms with Crippen molar-refractivity contribution in [3.8, 4) is 11.4 Å². The molecule has 22 heavy (non-hydrogen) atoms. The van der Waals surface area contributed by atoms with Gasteiger partial charge in [-0.05, 0) is 50.6 Å². The lowest BCUT2D eigenvalue weighted by atomic mass is 10.0. The highest BCUT2D eigenvalue weighted by atomic mass is 32.2. The summed E-state index contributed by atoms with van der Waals surface area (Å²) in [5.74, 6) is 2.74. The van der Waals surface area contributed by atoms with Crippen molar-refractivity contribution in [1.82, 2.24) is 9.36 Å². The van der Waals surface area contributed by atoms with E-state index in [2.05, 4.69) is 48.3 Å². The van der Waals surface area contributed by atoms with Crippen LogP contribution in [0.2, 0.25) is 0 Å². The van der Waals surface area contributed by atoms with E-state index in [4.69, 9.17) is 0 Å². The summed E-state index contributed by atoms with van der Waals surface area (Å²) in [7, 11) is 0. The first-order valence-electron chi connectivity index (χ1n) is 7.80. The van der Waals surface area contributed by atoms with Gasteiger partial charge in [0.15, 0.2) is 10.2 Å². The highest BCUT2D eigenvalue weighted by molar-refractivity contribution is 8.00. The molecule has 0 fully saturated rings. The van der Waals surface area contributed by atoms with E-state index in [0.717, 1.165) is 27.4 Å². The molecule has 0 radical (unpaired) electrons. The van der Waals surface area contributed by atoms with E-state index in [1.807, 2.05) is 30.0 Å². The van der Waals surface area contributed by atoms with Crippen molar-refractivity contribution in [2.75, 3.05) is 5.75 Å².